The number of rotatable bonds is 28. The molecular formula is C34H32F34N2O4S2+2. The highest BCUT2D eigenvalue weighted by Gasteiger charge is 2.97. The smallest absolute Gasteiger partial charge is 0.447 e. The van der Waals surface area contributed by atoms with Crippen LogP contribution in [0.25, 0.3) is 0 Å². The number of thioether (sulfide) groups is 2. The minimum absolute atomic E-state index is 0.425. The van der Waals surface area contributed by atoms with E-state index in [-0.39, 0.29) is 0 Å². The summed E-state index contributed by atoms with van der Waals surface area (Å²) in [5.41, 5.74) is 0. The second-order valence-electron chi connectivity index (χ2n) is 17.1. The molecule has 0 aliphatic carbocycles. The minimum Gasteiger partial charge on any atom is -0.447 e. The lowest BCUT2D eigenvalue weighted by Gasteiger charge is -2.42. The van der Waals surface area contributed by atoms with Gasteiger partial charge in [-0.25, -0.2) is 4.79 Å². The maximum Gasteiger partial charge on any atom is 0.460 e. The molecular weight excluding hydrogens is 1210 g/mol. The largest absolute Gasteiger partial charge is 0.460 e. The van der Waals surface area contributed by atoms with Crippen molar-refractivity contribution < 1.29 is 177 Å². The van der Waals surface area contributed by atoms with E-state index in [1.807, 2.05) is 0 Å². The number of hydrogen-bond acceptors (Lipinski definition) is 6. The van der Waals surface area contributed by atoms with E-state index >= 15 is 0 Å². The molecule has 0 saturated heterocycles. The minimum atomic E-state index is -8.89. The Morgan fingerprint density at radius 1 is 0.395 bits per heavy atom. The second-order valence-corrected chi connectivity index (χ2v) is 19.4. The Hall–Kier alpha value is -3.21. The average molecular weight is 1240 g/mol. The monoisotopic (exact) mass is 1240 g/mol. The van der Waals surface area contributed by atoms with E-state index < -0.39 is 201 Å². The van der Waals surface area contributed by atoms with Crippen LogP contribution < -0.4 is 0 Å². The zero-order chi connectivity index (χ0) is 61.8. The summed E-state index contributed by atoms with van der Waals surface area (Å²) in [5.74, 6) is -122. The molecule has 0 aliphatic rings. The summed E-state index contributed by atoms with van der Waals surface area (Å²) in [5, 5.41) is -3.07. The number of carbonyl (C=O) groups is 3. The average Bonchev–Trinajstić information content (AvgIpc) is 3.17. The van der Waals surface area contributed by atoms with Crippen molar-refractivity contribution in [1.29, 1.82) is 0 Å². The maximum absolute atomic E-state index is 14.3. The molecule has 0 rings (SSSR count). The zero-order valence-electron chi connectivity index (χ0n) is 37.2. The van der Waals surface area contributed by atoms with Crippen molar-refractivity contribution >= 4 is 39.7 Å². The van der Waals surface area contributed by atoms with Gasteiger partial charge in [-0.3, -0.25) is 9.59 Å². The van der Waals surface area contributed by atoms with E-state index in [0.717, 1.165) is 28.2 Å². The number of hydrogen-bond donors (Lipinski definition) is 0. The third kappa shape index (κ3) is 13.0. The van der Waals surface area contributed by atoms with Crippen LogP contribution >= 0.6 is 23.5 Å². The topological polar surface area (TPSA) is 60.4 Å². The number of carbonyl (C=O) groups excluding carboxylic acids is 3. The lowest BCUT2D eigenvalue weighted by atomic mass is 9.88. The summed E-state index contributed by atoms with van der Waals surface area (Å²) in [7, 11) is 3.77. The van der Waals surface area contributed by atoms with Crippen molar-refractivity contribution in [2.45, 2.75) is 114 Å². The van der Waals surface area contributed by atoms with Crippen molar-refractivity contribution in [2.24, 2.45) is 0 Å². The van der Waals surface area contributed by atoms with Crippen LogP contribution in [-0.2, 0) is 19.1 Å². The van der Waals surface area contributed by atoms with Gasteiger partial charge in [-0.15, -0.1) is 0 Å². The van der Waals surface area contributed by atoms with Crippen LogP contribution in [-0.4, -0.2) is 192 Å². The fraction of sp³-hybridized carbons (Fsp3) is 0.853. The van der Waals surface area contributed by atoms with Crippen molar-refractivity contribution in [1.82, 2.24) is 0 Å². The molecule has 0 aromatic heterocycles. The molecule has 450 valence electrons. The van der Waals surface area contributed by atoms with Gasteiger partial charge < -0.3 is 13.7 Å². The van der Waals surface area contributed by atoms with Crippen molar-refractivity contribution in [3.05, 3.63) is 12.7 Å². The summed E-state index contributed by atoms with van der Waals surface area (Å²) in [4.78, 5) is 37.2. The van der Waals surface area contributed by atoms with Gasteiger partial charge in [0.05, 0.1) is 28.2 Å². The fourth-order valence-corrected chi connectivity index (χ4v) is 7.71. The fourth-order valence-electron chi connectivity index (χ4n) is 5.66. The van der Waals surface area contributed by atoms with Gasteiger partial charge >= 0.3 is 101 Å². The molecule has 0 aromatic carbocycles. The van der Waals surface area contributed by atoms with Crippen LogP contribution in [0, 0.1) is 0 Å². The van der Waals surface area contributed by atoms with Crippen LogP contribution in [0.4, 0.5) is 149 Å². The molecule has 0 saturated carbocycles. The Morgan fingerprint density at radius 2 is 0.605 bits per heavy atom. The summed E-state index contributed by atoms with van der Waals surface area (Å²) in [6, 6.07) is 0. The first kappa shape index (κ1) is 72.8. The molecule has 0 aliphatic heterocycles. The normalized spacial score (nSPS) is 15.8. The predicted molar refractivity (Wildman–Crippen MR) is 189 cm³/mol. The standard InChI is InChI=1S/C34H32F34N2O4S2/c1-6-16(71)74-15(11-69(2,3)13-17(72)75-9-7-19(35,36)21(39,40)23(43,44)25(47,48)27(51,52)29(55,56)31(59,60)33(63,64)65)12-70(4,5)14-18(73)76-10-8-20(37,38)22(41,42)24(45,46)26(49,50)28(53,54)30(57,58)32(61,62)34(66,67)68/h6,15H,1,7-14H2,2-5H3/q+2. The lowest BCUT2D eigenvalue weighted by Crippen LogP contribution is -2.74. The van der Waals surface area contributed by atoms with E-state index in [2.05, 4.69) is 6.58 Å². The first-order chi connectivity index (χ1) is 32.7. The summed E-state index contributed by atoms with van der Waals surface area (Å²) in [6.07, 6.45) is -23.3. The number of esters is 1. The van der Waals surface area contributed by atoms with Gasteiger partial charge in [0.2, 0.25) is 10.2 Å². The van der Waals surface area contributed by atoms with Gasteiger partial charge in [-0.05, 0) is 0 Å². The molecule has 76 heavy (non-hydrogen) atoms. The van der Waals surface area contributed by atoms with Gasteiger partial charge in [0.15, 0.2) is 6.10 Å². The molecule has 0 atom stereocenters. The van der Waals surface area contributed by atoms with Crippen LogP contribution in [0.2, 0.25) is 0 Å². The number of halogens is 34. The van der Waals surface area contributed by atoms with Gasteiger partial charge in [-0.2, -0.15) is 149 Å². The molecule has 0 amide bonds. The molecule has 0 N–H and O–H groups in total. The molecule has 42 heteroatoms. The molecule has 0 radical (unpaired) electrons. The molecule has 0 heterocycles. The number of quaternary nitrogens is 2. The molecule has 0 unspecified atom stereocenters. The van der Waals surface area contributed by atoms with Crippen LogP contribution in [0.1, 0.15) is 12.8 Å². The van der Waals surface area contributed by atoms with Crippen molar-refractivity contribution in [2.75, 3.05) is 65.9 Å². The molecule has 0 spiro atoms. The Labute approximate surface area is 410 Å². The van der Waals surface area contributed by atoms with E-state index in [0.29, 0.717) is 6.08 Å². The van der Waals surface area contributed by atoms with Gasteiger partial charge in [0.1, 0.15) is 26.2 Å². The second kappa shape index (κ2) is 21.7. The first-order valence-corrected chi connectivity index (χ1v) is 20.9. The quantitative estimate of drug-likeness (QED) is 0.0337. The highest BCUT2D eigenvalue weighted by molar-refractivity contribution is 8.13. The van der Waals surface area contributed by atoms with Gasteiger partial charge in [-0.1, -0.05) is 30.1 Å². The Kier molecular flexibility index (Phi) is 20.8. The molecule has 0 fully saturated rings. The highest BCUT2D eigenvalue weighted by atomic mass is 32.2. The van der Waals surface area contributed by atoms with Crippen molar-refractivity contribution in [3.63, 3.8) is 0 Å². The van der Waals surface area contributed by atoms with Crippen LogP contribution in [0.5, 0.6) is 0 Å². The highest BCUT2D eigenvalue weighted by Crippen LogP contribution is 2.66. The summed E-state index contributed by atoms with van der Waals surface area (Å²) >= 11 is -1.22. The molecule has 6 nitrogen and oxygen atoms in total. The number of alkyl halides is 34. The number of ether oxygens (including phenoxy) is 1. The summed E-state index contributed by atoms with van der Waals surface area (Å²) < 4.78 is 464. The van der Waals surface area contributed by atoms with Crippen LogP contribution in [0.3, 0.4) is 0 Å². The molecule has 0 aromatic rings. The maximum atomic E-state index is 14.3. The van der Waals surface area contributed by atoms with E-state index in [4.69, 9.17) is 4.74 Å². The third-order valence-electron chi connectivity index (χ3n) is 9.89. The first-order valence-electron chi connectivity index (χ1n) is 18.9. The Morgan fingerprint density at radius 3 is 0.816 bits per heavy atom. The lowest BCUT2D eigenvalue weighted by molar-refractivity contribution is -0.906. The number of likely N-dealkylation sites (N-methyl/N-ethyl adjacent to an activating group) is 2. The van der Waals surface area contributed by atoms with Crippen molar-refractivity contribution in [3.8, 4) is 0 Å². The van der Waals surface area contributed by atoms with E-state index in [1.165, 1.54) is 0 Å². The zero-order valence-corrected chi connectivity index (χ0v) is 38.8. The third-order valence-corrected chi connectivity index (χ3v) is 11.6. The predicted octanol–water partition coefficient (Wildman–Crippen LogP) is 12.6. The Balaban J connectivity index is 6.18. The van der Waals surface area contributed by atoms with E-state index in [9.17, 15) is 164 Å². The van der Waals surface area contributed by atoms with Gasteiger partial charge in [0.25, 0.3) is 0 Å². The van der Waals surface area contributed by atoms with Crippen LogP contribution in [0.15, 0.2) is 12.7 Å². The van der Waals surface area contributed by atoms with E-state index in [1.54, 1.807) is 0 Å². The number of nitrogens with zero attached hydrogens (tertiary/aromatic N) is 2. The van der Waals surface area contributed by atoms with Gasteiger partial charge in [0, 0.05) is 30.4 Å². The molecule has 0 bridgehead atoms. The Bertz CT molecular complexity index is 1940. The SMILES string of the molecule is C=CC(=O)OC(C[N+](C)(C)CC(=O)SCCC(F)(F)C(F)(F)C(F)(F)C(F)(F)C(F)(F)C(F)(F)C(F)(F)C(F)(F)F)C[N+](C)(C)CC(=O)SCCC(F)(F)C(F)(F)C(F)(F)C(F)(F)C(F)(F)C(F)(F)C(F)(F)C(F)(F)F. The summed E-state index contributed by atoms with van der Waals surface area (Å²) in [6.45, 7) is -0.839.